The van der Waals surface area contributed by atoms with Crippen molar-refractivity contribution in [2.24, 2.45) is 4.99 Å². The van der Waals surface area contributed by atoms with E-state index < -0.39 is 0 Å². The van der Waals surface area contributed by atoms with Crippen molar-refractivity contribution in [2.45, 2.75) is 19.9 Å². The van der Waals surface area contributed by atoms with E-state index >= 15 is 0 Å². The number of para-hydroxylation sites is 1. The summed E-state index contributed by atoms with van der Waals surface area (Å²) in [4.78, 5) is 18.4. The number of carbonyl (C=O) groups is 1. The molecule has 33 heavy (non-hydrogen) atoms. The highest BCUT2D eigenvalue weighted by Crippen LogP contribution is 2.15. The Morgan fingerprint density at radius 2 is 1.85 bits per heavy atom. The number of amides is 1. The van der Waals surface area contributed by atoms with E-state index in [9.17, 15) is 4.79 Å². The lowest BCUT2D eigenvalue weighted by atomic mass is 10.1. The van der Waals surface area contributed by atoms with Gasteiger partial charge in [-0.2, -0.15) is 5.10 Å². The van der Waals surface area contributed by atoms with Gasteiger partial charge < -0.3 is 20.3 Å². The number of hydrogen-bond donors (Lipinski definition) is 2. The Bertz CT molecular complexity index is 1070. The molecule has 174 valence electrons. The molecule has 0 aliphatic heterocycles. The molecule has 0 aliphatic carbocycles. The summed E-state index contributed by atoms with van der Waals surface area (Å²) in [5, 5.41) is 11.0. The van der Waals surface area contributed by atoms with E-state index in [0.29, 0.717) is 19.0 Å². The van der Waals surface area contributed by atoms with Crippen molar-refractivity contribution < 1.29 is 9.53 Å². The molecule has 3 rings (SSSR count). The van der Waals surface area contributed by atoms with Gasteiger partial charge in [-0.15, -0.1) is 0 Å². The Balaban J connectivity index is 1.69. The number of methoxy groups -OCH3 is 1. The van der Waals surface area contributed by atoms with Crippen molar-refractivity contribution in [1.29, 1.82) is 0 Å². The van der Waals surface area contributed by atoms with Crippen LogP contribution >= 0.6 is 0 Å². The number of carbonyl (C=O) groups excluding carboxylic acids is 1. The number of hydrogen-bond acceptors (Lipinski definition) is 4. The van der Waals surface area contributed by atoms with Gasteiger partial charge in [0, 0.05) is 26.8 Å². The van der Waals surface area contributed by atoms with Crippen LogP contribution in [0.1, 0.15) is 16.8 Å². The molecule has 0 fully saturated rings. The maximum absolute atomic E-state index is 12.1. The quantitative estimate of drug-likeness (QED) is 0.388. The molecular weight excluding hydrogens is 416 g/mol. The second-order valence-corrected chi connectivity index (χ2v) is 7.86. The first-order valence-corrected chi connectivity index (χ1v) is 10.9. The van der Waals surface area contributed by atoms with E-state index in [0.717, 1.165) is 29.1 Å². The van der Waals surface area contributed by atoms with Crippen molar-refractivity contribution >= 4 is 11.9 Å². The van der Waals surface area contributed by atoms with Gasteiger partial charge in [0.25, 0.3) is 0 Å². The molecule has 0 aliphatic rings. The largest absolute Gasteiger partial charge is 0.497 e. The maximum Gasteiger partial charge on any atom is 0.241 e. The van der Waals surface area contributed by atoms with E-state index in [-0.39, 0.29) is 12.5 Å². The van der Waals surface area contributed by atoms with Crippen LogP contribution in [0.15, 0.2) is 65.8 Å². The third-order valence-electron chi connectivity index (χ3n) is 5.14. The topological polar surface area (TPSA) is 83.8 Å². The third-order valence-corrected chi connectivity index (χ3v) is 5.14. The van der Waals surface area contributed by atoms with Gasteiger partial charge in [-0.3, -0.25) is 4.79 Å². The molecule has 0 bridgehead atoms. The number of benzene rings is 2. The standard InChI is InChI=1S/C25H32N6O2/c1-19-14-16-31(29-19)23-8-6-5-7-21(23)17-27-25(28-18-24(32)30(2)3)26-15-13-20-9-11-22(33-4)12-10-20/h5-12,14,16H,13,15,17-18H2,1-4H3,(H2,26,27,28). The number of aryl methyl sites for hydroxylation is 1. The van der Waals surface area contributed by atoms with E-state index in [1.165, 1.54) is 5.56 Å². The van der Waals surface area contributed by atoms with Crippen molar-refractivity contribution in [3.63, 3.8) is 0 Å². The fraction of sp³-hybridized carbons (Fsp3) is 0.320. The zero-order valence-corrected chi connectivity index (χ0v) is 19.7. The molecule has 0 atom stereocenters. The first-order chi connectivity index (χ1) is 16.0. The van der Waals surface area contributed by atoms with E-state index in [2.05, 4.69) is 15.7 Å². The number of rotatable bonds is 9. The highest BCUT2D eigenvalue weighted by molar-refractivity contribution is 5.86. The molecule has 1 heterocycles. The molecule has 0 saturated heterocycles. The molecule has 0 saturated carbocycles. The maximum atomic E-state index is 12.1. The highest BCUT2D eigenvalue weighted by atomic mass is 16.5. The van der Waals surface area contributed by atoms with Crippen molar-refractivity contribution in [1.82, 2.24) is 25.3 Å². The van der Waals surface area contributed by atoms with E-state index in [4.69, 9.17) is 9.73 Å². The predicted octanol–water partition coefficient (Wildman–Crippen LogP) is 2.56. The molecule has 3 aromatic rings. The second kappa shape index (κ2) is 11.7. The van der Waals surface area contributed by atoms with Gasteiger partial charge in [-0.1, -0.05) is 30.3 Å². The van der Waals surface area contributed by atoms with Crippen LogP contribution in [-0.2, 0) is 17.8 Å². The first kappa shape index (κ1) is 23.8. The number of guanidine groups is 1. The zero-order chi connectivity index (χ0) is 23.6. The van der Waals surface area contributed by atoms with Crippen LogP contribution in [0.2, 0.25) is 0 Å². The Hall–Kier alpha value is -3.81. The molecule has 0 radical (unpaired) electrons. The van der Waals surface area contributed by atoms with Crippen molar-refractivity contribution in [2.75, 3.05) is 34.3 Å². The lowest BCUT2D eigenvalue weighted by Crippen LogP contribution is -2.43. The fourth-order valence-electron chi connectivity index (χ4n) is 3.19. The van der Waals surface area contributed by atoms with Crippen LogP contribution in [0, 0.1) is 6.92 Å². The second-order valence-electron chi connectivity index (χ2n) is 7.86. The molecule has 0 spiro atoms. The number of aliphatic imine (C=N–C) groups is 1. The van der Waals surface area contributed by atoms with Crippen LogP contribution in [0.4, 0.5) is 0 Å². The van der Waals surface area contributed by atoms with Crippen LogP contribution in [0.5, 0.6) is 5.75 Å². The molecule has 0 unspecified atom stereocenters. The smallest absolute Gasteiger partial charge is 0.241 e. The van der Waals surface area contributed by atoms with Crippen molar-refractivity contribution in [3.05, 3.63) is 77.6 Å². The summed E-state index contributed by atoms with van der Waals surface area (Å²) in [6, 6.07) is 18.0. The summed E-state index contributed by atoms with van der Waals surface area (Å²) in [5.41, 5.74) is 4.16. The highest BCUT2D eigenvalue weighted by Gasteiger charge is 2.08. The number of aromatic nitrogens is 2. The molecular formula is C25H32N6O2. The van der Waals surface area contributed by atoms with Gasteiger partial charge in [0.05, 0.1) is 31.6 Å². The fourth-order valence-corrected chi connectivity index (χ4v) is 3.19. The van der Waals surface area contributed by atoms with Gasteiger partial charge in [-0.05, 0) is 48.7 Å². The SMILES string of the molecule is COc1ccc(CCNC(=NCc2ccccc2-n2ccc(C)n2)NCC(=O)N(C)C)cc1. The third kappa shape index (κ3) is 7.10. The minimum Gasteiger partial charge on any atom is -0.497 e. The average Bonchev–Trinajstić information content (AvgIpc) is 3.26. The Labute approximate surface area is 195 Å². The summed E-state index contributed by atoms with van der Waals surface area (Å²) in [5.74, 6) is 1.40. The zero-order valence-electron chi connectivity index (χ0n) is 19.7. The number of likely N-dealkylation sites (N-methyl/N-ethyl adjacent to an activating group) is 1. The molecule has 1 aromatic heterocycles. The summed E-state index contributed by atoms with van der Waals surface area (Å²) in [7, 11) is 5.13. The van der Waals surface area contributed by atoms with Crippen LogP contribution < -0.4 is 15.4 Å². The lowest BCUT2D eigenvalue weighted by Gasteiger charge is -2.15. The first-order valence-electron chi connectivity index (χ1n) is 10.9. The predicted molar refractivity (Wildman–Crippen MR) is 131 cm³/mol. The average molecular weight is 449 g/mol. The molecule has 2 N–H and O–H groups in total. The summed E-state index contributed by atoms with van der Waals surface area (Å²) in [6.07, 6.45) is 2.76. The van der Waals surface area contributed by atoms with Gasteiger partial charge in [0.2, 0.25) is 5.91 Å². The van der Waals surface area contributed by atoms with Gasteiger partial charge in [0.15, 0.2) is 5.96 Å². The minimum atomic E-state index is -0.0212. The monoisotopic (exact) mass is 448 g/mol. The van der Waals surface area contributed by atoms with E-state index in [1.54, 1.807) is 26.1 Å². The number of ether oxygens (including phenoxy) is 1. The summed E-state index contributed by atoms with van der Waals surface area (Å²) >= 11 is 0. The Morgan fingerprint density at radius 3 is 2.52 bits per heavy atom. The minimum absolute atomic E-state index is 0.0212. The summed E-state index contributed by atoms with van der Waals surface area (Å²) < 4.78 is 7.08. The Kier molecular flexibility index (Phi) is 8.46. The molecule has 1 amide bonds. The molecule has 8 heteroatoms. The molecule has 2 aromatic carbocycles. The molecule has 8 nitrogen and oxygen atoms in total. The van der Waals surface area contributed by atoms with Crippen LogP contribution in [0.3, 0.4) is 0 Å². The van der Waals surface area contributed by atoms with Crippen molar-refractivity contribution in [3.8, 4) is 11.4 Å². The number of nitrogens with one attached hydrogen (secondary N) is 2. The van der Waals surface area contributed by atoms with Crippen LogP contribution in [0.25, 0.3) is 5.69 Å². The van der Waals surface area contributed by atoms with Gasteiger partial charge in [0.1, 0.15) is 5.75 Å². The van der Waals surface area contributed by atoms with E-state index in [1.807, 2.05) is 72.4 Å². The Morgan fingerprint density at radius 1 is 1.09 bits per heavy atom. The van der Waals surface area contributed by atoms with Crippen LogP contribution in [-0.4, -0.2) is 60.8 Å². The lowest BCUT2D eigenvalue weighted by molar-refractivity contribution is -0.127. The number of nitrogens with zero attached hydrogens (tertiary/aromatic N) is 4. The summed E-state index contributed by atoms with van der Waals surface area (Å²) in [6.45, 7) is 3.26. The van der Waals surface area contributed by atoms with Gasteiger partial charge >= 0.3 is 0 Å². The normalized spacial score (nSPS) is 11.2. The van der Waals surface area contributed by atoms with Gasteiger partial charge in [-0.25, -0.2) is 9.67 Å².